The van der Waals surface area contributed by atoms with E-state index in [-0.39, 0.29) is 12.5 Å². The second kappa shape index (κ2) is 10.7. The largest absolute Gasteiger partial charge is 0.486 e. The Labute approximate surface area is 205 Å². The number of para-hydroxylation sites is 1. The van der Waals surface area contributed by atoms with Gasteiger partial charge in [-0.05, 0) is 41.8 Å². The van der Waals surface area contributed by atoms with E-state index in [0.717, 1.165) is 55.3 Å². The van der Waals surface area contributed by atoms with Crippen LogP contribution in [0, 0.1) is 6.92 Å². The van der Waals surface area contributed by atoms with Crippen molar-refractivity contribution in [3.05, 3.63) is 101 Å². The van der Waals surface area contributed by atoms with Crippen LogP contribution < -0.4 is 10.1 Å². The average Bonchev–Trinajstić information content (AvgIpc) is 3.32. The first kappa shape index (κ1) is 23.1. The van der Waals surface area contributed by atoms with Crippen molar-refractivity contribution in [2.75, 3.05) is 26.3 Å². The molecule has 0 aliphatic carbocycles. The average molecular weight is 471 g/mol. The first-order chi connectivity index (χ1) is 17.2. The third-order valence-electron chi connectivity index (χ3n) is 6.29. The van der Waals surface area contributed by atoms with E-state index in [9.17, 15) is 4.79 Å². The molecule has 1 aliphatic heterocycles. The number of hydrogen-bond acceptors (Lipinski definition) is 5. The van der Waals surface area contributed by atoms with Gasteiger partial charge in [-0.3, -0.25) is 9.69 Å². The maximum absolute atomic E-state index is 13.1. The number of fused-ring (bicyclic) bond motifs is 1. The number of nitrogens with one attached hydrogen (secondary N) is 1. The molecule has 7 heteroatoms. The molecule has 2 aromatic carbocycles. The van der Waals surface area contributed by atoms with Gasteiger partial charge in [-0.2, -0.15) is 0 Å². The van der Waals surface area contributed by atoms with E-state index < -0.39 is 0 Å². The number of aryl methyl sites for hydroxylation is 1. The third kappa shape index (κ3) is 5.53. The maximum atomic E-state index is 13.1. The topological polar surface area (TPSA) is 68.1 Å². The van der Waals surface area contributed by atoms with E-state index in [2.05, 4.69) is 27.3 Å². The number of pyridine rings is 1. The van der Waals surface area contributed by atoms with Crippen molar-refractivity contribution < 1.29 is 14.3 Å². The number of benzene rings is 2. The maximum Gasteiger partial charge on any atom is 0.255 e. The summed E-state index contributed by atoms with van der Waals surface area (Å²) in [6.07, 6.45) is 3.92. The summed E-state index contributed by atoms with van der Waals surface area (Å²) in [7, 11) is 0. The lowest BCUT2D eigenvalue weighted by molar-refractivity contribution is 0.0340. The first-order valence-corrected chi connectivity index (χ1v) is 12.0. The van der Waals surface area contributed by atoms with Crippen molar-refractivity contribution in [2.45, 2.75) is 26.6 Å². The molecule has 35 heavy (non-hydrogen) atoms. The standard InChI is InChI=1S/C28H30N4O3/c1-21-7-6-12-32-19-24(30-27(21)32)20-35-26-11-5-4-10-25(26)28(33)29-17-22-8-2-3-9-23(22)18-31-13-15-34-16-14-31/h2-12,19H,13-18,20H2,1H3,(H,29,33). The van der Waals surface area contributed by atoms with Crippen LogP contribution in [0.1, 0.15) is 32.7 Å². The van der Waals surface area contributed by atoms with Crippen LogP contribution in [0.5, 0.6) is 5.75 Å². The lowest BCUT2D eigenvalue weighted by Crippen LogP contribution is -2.36. The van der Waals surface area contributed by atoms with E-state index in [4.69, 9.17) is 9.47 Å². The van der Waals surface area contributed by atoms with Crippen LogP contribution in [0.25, 0.3) is 5.65 Å². The van der Waals surface area contributed by atoms with Gasteiger partial charge in [0.25, 0.3) is 5.91 Å². The number of imidazole rings is 1. The number of morpholine rings is 1. The van der Waals surface area contributed by atoms with Gasteiger partial charge in [0.05, 0.1) is 24.5 Å². The summed E-state index contributed by atoms with van der Waals surface area (Å²) in [6.45, 7) is 7.02. The number of nitrogens with zero attached hydrogens (tertiary/aromatic N) is 3. The Balaban J connectivity index is 1.24. The van der Waals surface area contributed by atoms with E-state index in [1.54, 1.807) is 6.07 Å². The summed E-state index contributed by atoms with van der Waals surface area (Å²) >= 11 is 0. The van der Waals surface area contributed by atoms with E-state index in [1.807, 2.05) is 66.2 Å². The molecule has 0 radical (unpaired) electrons. The predicted octanol–water partition coefficient (Wildman–Crippen LogP) is 3.98. The van der Waals surface area contributed by atoms with Crippen LogP contribution >= 0.6 is 0 Å². The Hall–Kier alpha value is -3.68. The fourth-order valence-corrected chi connectivity index (χ4v) is 4.36. The summed E-state index contributed by atoms with van der Waals surface area (Å²) in [4.78, 5) is 20.1. The SMILES string of the molecule is Cc1cccn2cc(COc3ccccc3C(=O)NCc3ccccc3CN3CCOCC3)nc12. The molecule has 0 atom stereocenters. The van der Waals surface area contributed by atoms with Crippen molar-refractivity contribution in [3.8, 4) is 5.75 Å². The number of amides is 1. The lowest BCUT2D eigenvalue weighted by Gasteiger charge is -2.27. The molecule has 7 nitrogen and oxygen atoms in total. The quantitative estimate of drug-likeness (QED) is 0.422. The van der Waals surface area contributed by atoms with Crippen LogP contribution in [0.3, 0.4) is 0 Å². The van der Waals surface area contributed by atoms with Gasteiger partial charge in [-0.1, -0.05) is 42.5 Å². The molecule has 1 amide bonds. The van der Waals surface area contributed by atoms with Crippen molar-refractivity contribution >= 4 is 11.6 Å². The Morgan fingerprint density at radius 1 is 1.03 bits per heavy atom. The van der Waals surface area contributed by atoms with Crippen LogP contribution in [-0.2, 0) is 24.4 Å². The minimum Gasteiger partial charge on any atom is -0.486 e. The van der Waals surface area contributed by atoms with E-state index in [1.165, 1.54) is 5.56 Å². The Morgan fingerprint density at radius 3 is 2.63 bits per heavy atom. The van der Waals surface area contributed by atoms with Gasteiger partial charge in [0.2, 0.25) is 0 Å². The van der Waals surface area contributed by atoms with Gasteiger partial charge >= 0.3 is 0 Å². The molecule has 2 aromatic heterocycles. The molecular weight excluding hydrogens is 440 g/mol. The number of carbonyl (C=O) groups excluding carboxylic acids is 1. The monoisotopic (exact) mass is 470 g/mol. The molecule has 4 aromatic rings. The molecule has 3 heterocycles. The molecule has 180 valence electrons. The molecule has 1 saturated heterocycles. The highest BCUT2D eigenvalue weighted by Crippen LogP contribution is 2.21. The minimum absolute atomic E-state index is 0.160. The second-order valence-corrected chi connectivity index (χ2v) is 8.78. The normalized spacial score (nSPS) is 14.2. The molecule has 1 aliphatic rings. The zero-order valence-electron chi connectivity index (χ0n) is 19.9. The molecule has 5 rings (SSSR count). The van der Waals surface area contributed by atoms with Gasteiger partial charge < -0.3 is 19.2 Å². The smallest absolute Gasteiger partial charge is 0.255 e. The highest BCUT2D eigenvalue weighted by molar-refractivity contribution is 5.96. The number of hydrogen-bond donors (Lipinski definition) is 1. The van der Waals surface area contributed by atoms with Gasteiger partial charge in [0.1, 0.15) is 18.0 Å². The Kier molecular flexibility index (Phi) is 7.07. The number of carbonyl (C=O) groups is 1. The minimum atomic E-state index is -0.160. The van der Waals surface area contributed by atoms with Crippen molar-refractivity contribution in [1.29, 1.82) is 0 Å². The lowest BCUT2D eigenvalue weighted by atomic mass is 10.1. The zero-order chi connectivity index (χ0) is 24.0. The number of rotatable bonds is 8. The zero-order valence-corrected chi connectivity index (χ0v) is 19.9. The fraction of sp³-hybridized carbons (Fsp3) is 0.286. The summed E-state index contributed by atoms with van der Waals surface area (Å²) in [5.74, 6) is 0.382. The molecule has 0 spiro atoms. The van der Waals surface area contributed by atoms with Gasteiger partial charge in [-0.15, -0.1) is 0 Å². The van der Waals surface area contributed by atoms with Gasteiger partial charge in [0, 0.05) is 38.6 Å². The van der Waals surface area contributed by atoms with Crippen LogP contribution in [0.2, 0.25) is 0 Å². The molecule has 0 saturated carbocycles. The van der Waals surface area contributed by atoms with Gasteiger partial charge in [0.15, 0.2) is 0 Å². The molecular formula is C28H30N4O3. The molecule has 1 fully saturated rings. The second-order valence-electron chi connectivity index (χ2n) is 8.78. The van der Waals surface area contributed by atoms with E-state index in [0.29, 0.717) is 17.9 Å². The fourth-order valence-electron chi connectivity index (χ4n) is 4.36. The van der Waals surface area contributed by atoms with Crippen molar-refractivity contribution in [2.24, 2.45) is 0 Å². The summed E-state index contributed by atoms with van der Waals surface area (Å²) in [5.41, 5.74) is 5.68. The van der Waals surface area contributed by atoms with Gasteiger partial charge in [-0.25, -0.2) is 4.98 Å². The van der Waals surface area contributed by atoms with E-state index >= 15 is 0 Å². The Bertz CT molecular complexity index is 1310. The predicted molar refractivity (Wildman–Crippen MR) is 134 cm³/mol. The van der Waals surface area contributed by atoms with Crippen LogP contribution in [-0.4, -0.2) is 46.5 Å². The number of aromatic nitrogens is 2. The Morgan fingerprint density at radius 2 is 1.80 bits per heavy atom. The summed E-state index contributed by atoms with van der Waals surface area (Å²) in [6, 6.07) is 19.6. The third-order valence-corrected chi connectivity index (χ3v) is 6.29. The van der Waals surface area contributed by atoms with Crippen molar-refractivity contribution in [1.82, 2.24) is 19.6 Å². The highest BCUT2D eigenvalue weighted by atomic mass is 16.5. The molecule has 1 N–H and O–H groups in total. The van der Waals surface area contributed by atoms with Crippen molar-refractivity contribution in [3.63, 3.8) is 0 Å². The highest BCUT2D eigenvalue weighted by Gasteiger charge is 2.16. The number of ether oxygens (including phenoxy) is 2. The molecule has 0 unspecified atom stereocenters. The first-order valence-electron chi connectivity index (χ1n) is 12.0. The van der Waals surface area contributed by atoms with Crippen LogP contribution in [0.4, 0.5) is 0 Å². The van der Waals surface area contributed by atoms with Crippen LogP contribution in [0.15, 0.2) is 73.1 Å². The summed E-state index contributed by atoms with van der Waals surface area (Å²) < 4.78 is 13.5. The summed E-state index contributed by atoms with van der Waals surface area (Å²) in [5, 5.41) is 3.08. The molecule has 0 bridgehead atoms.